The van der Waals surface area contributed by atoms with E-state index >= 15 is 0 Å². The molecule has 0 aliphatic rings. The molecule has 0 fully saturated rings. The monoisotopic (exact) mass is 175 g/mol. The fraction of sp³-hybridized carbons (Fsp3) is 0. The zero-order chi connectivity index (χ0) is 8.43. The number of hydrogen-bond acceptors (Lipinski definition) is 4. The van der Waals surface area contributed by atoms with Crippen LogP contribution in [0.5, 0.6) is 0 Å². The van der Waals surface area contributed by atoms with Gasteiger partial charge in [-0.2, -0.15) is 4.39 Å². The smallest absolute Gasteiger partial charge is 0.258 e. The predicted octanol–water partition coefficient (Wildman–Crippen LogP) is 1.77. The van der Waals surface area contributed by atoms with E-state index in [4.69, 9.17) is 0 Å². The maximum Gasteiger partial charge on any atom is 0.342 e. The fourth-order valence-corrected chi connectivity index (χ4v) is 1.18. The van der Waals surface area contributed by atoms with Gasteiger partial charge in [-0.25, -0.2) is 0 Å². The van der Waals surface area contributed by atoms with Crippen molar-refractivity contribution in [2.75, 3.05) is 0 Å². The van der Waals surface area contributed by atoms with Crippen molar-refractivity contribution in [1.82, 2.24) is 0 Å². The summed E-state index contributed by atoms with van der Waals surface area (Å²) in [6, 6.07) is 0.547. The van der Waals surface area contributed by atoms with Gasteiger partial charge >= 0.3 is 11.0 Å². The Morgan fingerprint density at radius 2 is 2.27 bits per heavy atom. The highest BCUT2D eigenvalue weighted by molar-refractivity contribution is 7.17. The lowest BCUT2D eigenvalue weighted by molar-refractivity contribution is -0.380. The molecule has 0 radical (unpaired) electrons. The van der Waals surface area contributed by atoms with Gasteiger partial charge < -0.3 is 0 Å². The molecule has 0 spiro atoms. The first kappa shape index (κ1) is 7.80. The number of thiophene rings is 1. The Morgan fingerprint density at radius 1 is 1.64 bits per heavy atom. The molecule has 0 bridgehead atoms. The third-order valence-corrected chi connectivity index (χ3v) is 1.98. The fourth-order valence-electron chi connectivity index (χ4n) is 0.531. The summed E-state index contributed by atoms with van der Waals surface area (Å²) in [5.41, 5.74) is 0. The zero-order valence-electron chi connectivity index (χ0n) is 5.11. The van der Waals surface area contributed by atoms with Gasteiger partial charge in [0.15, 0.2) is 0 Å². The van der Waals surface area contributed by atoms with Crippen LogP contribution in [0.15, 0.2) is 12.1 Å². The number of hydrogen-bond donors (Lipinski definition) is 0. The van der Waals surface area contributed by atoms with Crippen molar-refractivity contribution in [2.45, 2.75) is 0 Å². The lowest BCUT2D eigenvalue weighted by Gasteiger charge is -1.79. The minimum atomic E-state index is -1.64. The molecule has 0 unspecified atom stereocenters. The molecule has 0 saturated carbocycles. The van der Waals surface area contributed by atoms with Crippen LogP contribution in [-0.4, -0.2) is 11.0 Å². The second kappa shape index (κ2) is 2.75. The second-order valence-electron chi connectivity index (χ2n) is 1.67. The standard InChI is InChI=1S/C5H2FNO3S/c6-5(8)3-1-2-4(11-3)7(9)10/h1-2H. The highest BCUT2D eigenvalue weighted by Gasteiger charge is 2.13. The minimum Gasteiger partial charge on any atom is -0.258 e. The van der Waals surface area contributed by atoms with Crippen LogP contribution >= 0.6 is 11.3 Å². The van der Waals surface area contributed by atoms with Gasteiger partial charge in [0, 0.05) is 6.07 Å². The van der Waals surface area contributed by atoms with E-state index in [1.54, 1.807) is 0 Å². The summed E-state index contributed by atoms with van der Waals surface area (Å²) in [5, 5.41) is 9.79. The average molecular weight is 175 g/mol. The van der Waals surface area contributed by atoms with Crippen LogP contribution in [0.2, 0.25) is 0 Å². The molecule has 1 aromatic heterocycles. The summed E-state index contributed by atoms with van der Waals surface area (Å²) in [6.45, 7) is 0. The molecular formula is C5H2FNO3S. The van der Waals surface area contributed by atoms with Gasteiger partial charge in [0.25, 0.3) is 0 Å². The van der Waals surface area contributed by atoms with E-state index in [9.17, 15) is 19.3 Å². The van der Waals surface area contributed by atoms with Gasteiger partial charge in [0.1, 0.15) is 4.88 Å². The maximum atomic E-state index is 11.9. The van der Waals surface area contributed by atoms with E-state index < -0.39 is 11.0 Å². The third-order valence-electron chi connectivity index (χ3n) is 0.965. The molecular weight excluding hydrogens is 173 g/mol. The van der Waals surface area contributed by atoms with Crippen LogP contribution in [0, 0.1) is 10.1 Å². The first-order valence-electron chi connectivity index (χ1n) is 2.55. The van der Waals surface area contributed by atoms with E-state index in [2.05, 4.69) is 0 Å². The Hall–Kier alpha value is -1.30. The molecule has 4 nitrogen and oxygen atoms in total. The van der Waals surface area contributed by atoms with Crippen molar-refractivity contribution in [3.63, 3.8) is 0 Å². The summed E-state index contributed by atoms with van der Waals surface area (Å²) in [7, 11) is 0. The molecule has 0 aliphatic carbocycles. The largest absolute Gasteiger partial charge is 0.342 e. The summed E-state index contributed by atoms with van der Waals surface area (Å²) < 4.78 is 11.9. The Labute approximate surface area is 64.4 Å². The van der Waals surface area contributed by atoms with Gasteiger partial charge in [-0.15, -0.1) is 0 Å². The Balaban J connectivity index is 2.99. The molecule has 1 rings (SSSR count). The molecule has 0 amide bonds. The number of nitrogens with zero attached hydrogens (tertiary/aromatic N) is 1. The van der Waals surface area contributed by atoms with Crippen molar-refractivity contribution >= 4 is 22.4 Å². The molecule has 11 heavy (non-hydrogen) atoms. The van der Waals surface area contributed by atoms with Gasteiger partial charge in [-0.05, 0) is 6.07 Å². The van der Waals surface area contributed by atoms with Crippen LogP contribution in [0.1, 0.15) is 9.67 Å². The van der Waals surface area contributed by atoms with Crippen LogP contribution in [0.3, 0.4) is 0 Å². The SMILES string of the molecule is O=C(F)c1ccc([N+](=O)[O-])s1. The number of carbonyl (C=O) groups excluding carboxylic acids is 1. The van der Waals surface area contributed by atoms with Gasteiger partial charge in [-0.3, -0.25) is 14.9 Å². The molecule has 0 aliphatic heterocycles. The van der Waals surface area contributed by atoms with Crippen LogP contribution in [0.4, 0.5) is 9.39 Å². The van der Waals surface area contributed by atoms with Crippen molar-refractivity contribution in [3.05, 3.63) is 27.1 Å². The quantitative estimate of drug-likeness (QED) is 0.391. The first-order valence-corrected chi connectivity index (χ1v) is 3.37. The predicted molar refractivity (Wildman–Crippen MR) is 36.4 cm³/mol. The van der Waals surface area contributed by atoms with E-state index in [0.29, 0.717) is 11.3 Å². The number of nitro groups is 1. The Morgan fingerprint density at radius 3 is 2.55 bits per heavy atom. The molecule has 0 aromatic carbocycles. The lowest BCUT2D eigenvalue weighted by atomic mass is 10.5. The van der Waals surface area contributed by atoms with Crippen molar-refractivity contribution < 1.29 is 14.1 Å². The van der Waals surface area contributed by atoms with Crippen molar-refractivity contribution in [2.24, 2.45) is 0 Å². The van der Waals surface area contributed by atoms with Crippen molar-refractivity contribution in [3.8, 4) is 0 Å². The minimum absolute atomic E-state index is 0.231. The molecule has 1 heterocycles. The molecule has 6 heteroatoms. The highest BCUT2D eigenvalue weighted by Crippen LogP contribution is 2.24. The van der Waals surface area contributed by atoms with E-state index in [-0.39, 0.29) is 9.88 Å². The summed E-state index contributed by atoms with van der Waals surface area (Å²) >= 11 is 0.525. The van der Waals surface area contributed by atoms with Gasteiger partial charge in [0.2, 0.25) is 0 Å². The number of carbonyl (C=O) groups is 1. The Bertz CT molecular complexity index is 280. The first-order chi connectivity index (χ1) is 5.11. The molecule has 0 N–H and O–H groups in total. The zero-order valence-corrected chi connectivity index (χ0v) is 5.93. The van der Waals surface area contributed by atoms with Crippen molar-refractivity contribution in [1.29, 1.82) is 0 Å². The number of halogens is 1. The van der Waals surface area contributed by atoms with Gasteiger partial charge in [0.05, 0.1) is 4.92 Å². The molecule has 1 aromatic rings. The summed E-state index contributed by atoms with van der Waals surface area (Å²) in [4.78, 5) is 19.1. The lowest BCUT2D eigenvalue weighted by Crippen LogP contribution is -1.82. The number of rotatable bonds is 2. The molecule has 0 saturated heterocycles. The highest BCUT2D eigenvalue weighted by atomic mass is 32.1. The van der Waals surface area contributed by atoms with E-state index in [1.807, 2.05) is 0 Å². The summed E-state index contributed by atoms with van der Waals surface area (Å²) in [6.07, 6.45) is 0. The topological polar surface area (TPSA) is 60.2 Å². The normalized spacial score (nSPS) is 9.55. The maximum absolute atomic E-state index is 11.9. The average Bonchev–Trinajstić information content (AvgIpc) is 2.33. The van der Waals surface area contributed by atoms with Crippen LogP contribution in [0.25, 0.3) is 0 Å². The third kappa shape index (κ3) is 1.58. The molecule has 58 valence electrons. The van der Waals surface area contributed by atoms with E-state index in [0.717, 1.165) is 12.1 Å². The second-order valence-corrected chi connectivity index (χ2v) is 2.73. The summed E-state index contributed by atoms with van der Waals surface area (Å²) in [5.74, 6) is 0. The van der Waals surface area contributed by atoms with Crippen LogP contribution < -0.4 is 0 Å². The Kier molecular flexibility index (Phi) is 1.95. The molecule has 0 atom stereocenters. The van der Waals surface area contributed by atoms with Crippen LogP contribution in [-0.2, 0) is 0 Å². The van der Waals surface area contributed by atoms with E-state index in [1.165, 1.54) is 0 Å². The van der Waals surface area contributed by atoms with Gasteiger partial charge in [-0.1, -0.05) is 11.3 Å².